The summed E-state index contributed by atoms with van der Waals surface area (Å²) in [4.78, 5) is 0. The average Bonchev–Trinajstić information content (AvgIpc) is 2.52. The molecule has 1 aromatic carbocycles. The van der Waals surface area contributed by atoms with Crippen LogP contribution in [0.25, 0.3) is 0 Å². The number of hydrogen-bond acceptors (Lipinski definition) is 2. The lowest BCUT2D eigenvalue weighted by Crippen LogP contribution is -2.47. The van der Waals surface area contributed by atoms with Gasteiger partial charge < -0.3 is 4.74 Å². The van der Waals surface area contributed by atoms with Crippen LogP contribution >= 0.6 is 0 Å². The fourth-order valence-corrected chi connectivity index (χ4v) is 3.97. The lowest BCUT2D eigenvalue weighted by atomic mass is 10.1. The molecule has 1 aliphatic rings. The predicted molar refractivity (Wildman–Crippen MR) is 92.6 cm³/mol. The van der Waals surface area contributed by atoms with E-state index >= 15 is 0 Å². The van der Waals surface area contributed by atoms with Crippen LogP contribution in [0.3, 0.4) is 0 Å². The highest BCUT2D eigenvalue weighted by Gasteiger charge is 2.34. The molecule has 0 fully saturated rings. The van der Waals surface area contributed by atoms with Gasteiger partial charge in [0.1, 0.15) is 17.1 Å². The normalized spacial score (nSPS) is 21.4. The van der Waals surface area contributed by atoms with Crippen LogP contribution in [0, 0.1) is 0 Å². The summed E-state index contributed by atoms with van der Waals surface area (Å²) in [5, 5.41) is 0. The predicted octanol–water partition coefficient (Wildman–Crippen LogP) is 4.03. The standard InChI is InChI=1S/C18H27NO2S/c1-15(17-12-8-9-13-21-17)19(22(20)18(2,3)4)14-16-10-6-5-7-11-16/h5-7,9-11,13,15,17H,8,12,14H2,1-4H3/t15-,17?,22?/m1/s1. The molecule has 0 bridgehead atoms. The minimum atomic E-state index is -1.08. The van der Waals surface area contributed by atoms with Crippen LogP contribution in [-0.4, -0.2) is 25.4 Å². The Balaban J connectivity index is 2.20. The van der Waals surface area contributed by atoms with E-state index in [1.54, 1.807) is 6.26 Å². The summed E-state index contributed by atoms with van der Waals surface area (Å²) in [5.41, 5.74) is 1.18. The van der Waals surface area contributed by atoms with Crippen LogP contribution in [0.1, 0.15) is 46.1 Å². The highest BCUT2D eigenvalue weighted by molar-refractivity contribution is 7.84. The van der Waals surface area contributed by atoms with Gasteiger partial charge in [-0.1, -0.05) is 30.3 Å². The van der Waals surface area contributed by atoms with Crippen molar-refractivity contribution in [2.75, 3.05) is 0 Å². The van der Waals surface area contributed by atoms with E-state index < -0.39 is 11.0 Å². The first-order valence-corrected chi connectivity index (χ1v) is 9.03. The molecule has 1 aromatic rings. The molecule has 0 N–H and O–H groups in total. The topological polar surface area (TPSA) is 29.5 Å². The molecule has 2 unspecified atom stereocenters. The molecule has 0 spiro atoms. The molecule has 0 radical (unpaired) electrons. The van der Waals surface area contributed by atoms with E-state index in [2.05, 4.69) is 23.4 Å². The summed E-state index contributed by atoms with van der Waals surface area (Å²) in [5.74, 6) is 0. The summed E-state index contributed by atoms with van der Waals surface area (Å²) in [6, 6.07) is 10.3. The molecule has 1 heterocycles. The zero-order chi connectivity index (χ0) is 16.2. The molecule has 1 aliphatic heterocycles. The smallest absolute Gasteiger partial charge is 0.114 e. The SMILES string of the molecule is C[C@H](C1CCC=CO1)N(Cc1ccccc1)S(=O)C(C)(C)C. The average molecular weight is 321 g/mol. The Labute approximate surface area is 136 Å². The number of ether oxygens (including phenoxy) is 1. The second-order valence-electron chi connectivity index (χ2n) is 6.79. The molecule has 3 nitrogen and oxygen atoms in total. The zero-order valence-corrected chi connectivity index (χ0v) is 14.8. The van der Waals surface area contributed by atoms with Crippen molar-refractivity contribution in [1.82, 2.24) is 4.31 Å². The molecule has 0 saturated heterocycles. The van der Waals surface area contributed by atoms with Crippen molar-refractivity contribution in [3.63, 3.8) is 0 Å². The van der Waals surface area contributed by atoms with E-state index in [1.165, 1.54) is 5.56 Å². The fourth-order valence-electron chi connectivity index (χ4n) is 2.56. The van der Waals surface area contributed by atoms with E-state index in [4.69, 9.17) is 4.74 Å². The van der Waals surface area contributed by atoms with Gasteiger partial charge in [-0.2, -0.15) is 0 Å². The fraction of sp³-hybridized carbons (Fsp3) is 0.556. The van der Waals surface area contributed by atoms with Crippen LogP contribution < -0.4 is 0 Å². The van der Waals surface area contributed by atoms with Gasteiger partial charge in [-0.3, -0.25) is 0 Å². The van der Waals surface area contributed by atoms with E-state index in [0.29, 0.717) is 6.54 Å². The minimum Gasteiger partial charge on any atom is -0.497 e. The van der Waals surface area contributed by atoms with Gasteiger partial charge in [0.2, 0.25) is 0 Å². The van der Waals surface area contributed by atoms with Gasteiger partial charge in [-0.25, -0.2) is 8.51 Å². The summed E-state index contributed by atoms with van der Waals surface area (Å²) in [6.45, 7) is 8.87. The highest BCUT2D eigenvalue weighted by atomic mass is 32.2. The largest absolute Gasteiger partial charge is 0.497 e. The van der Waals surface area contributed by atoms with Crippen molar-refractivity contribution in [3.8, 4) is 0 Å². The lowest BCUT2D eigenvalue weighted by Gasteiger charge is -2.37. The summed E-state index contributed by atoms with van der Waals surface area (Å²) < 4.78 is 20.6. The Hall–Kier alpha value is -1.13. The molecular formula is C18H27NO2S. The Bertz CT molecular complexity index is 522. The molecule has 0 aliphatic carbocycles. The van der Waals surface area contributed by atoms with Gasteiger partial charge in [0, 0.05) is 6.54 Å². The Morgan fingerprint density at radius 3 is 2.55 bits per heavy atom. The Morgan fingerprint density at radius 2 is 2.00 bits per heavy atom. The van der Waals surface area contributed by atoms with Gasteiger partial charge in [-0.15, -0.1) is 0 Å². The zero-order valence-electron chi connectivity index (χ0n) is 14.0. The Kier molecular flexibility index (Phi) is 5.81. The van der Waals surface area contributed by atoms with Crippen molar-refractivity contribution in [1.29, 1.82) is 0 Å². The number of nitrogens with zero attached hydrogens (tertiary/aromatic N) is 1. The molecule has 0 amide bonds. The van der Waals surface area contributed by atoms with E-state index in [9.17, 15) is 4.21 Å². The summed E-state index contributed by atoms with van der Waals surface area (Å²) in [7, 11) is -1.08. The first-order valence-electron chi connectivity index (χ1n) is 7.92. The van der Waals surface area contributed by atoms with Crippen molar-refractivity contribution in [3.05, 3.63) is 48.2 Å². The number of benzene rings is 1. The molecule has 22 heavy (non-hydrogen) atoms. The first kappa shape index (κ1) is 17.2. The maximum Gasteiger partial charge on any atom is 0.114 e. The van der Waals surface area contributed by atoms with E-state index in [-0.39, 0.29) is 16.9 Å². The molecule has 0 saturated carbocycles. The Morgan fingerprint density at radius 1 is 1.32 bits per heavy atom. The quantitative estimate of drug-likeness (QED) is 0.819. The molecular weight excluding hydrogens is 294 g/mol. The molecule has 2 rings (SSSR count). The van der Waals surface area contributed by atoms with Crippen LogP contribution in [0.2, 0.25) is 0 Å². The van der Waals surface area contributed by atoms with Gasteiger partial charge in [-0.05, 0) is 52.2 Å². The maximum atomic E-state index is 13.0. The second-order valence-corrected chi connectivity index (χ2v) is 8.98. The summed E-state index contributed by atoms with van der Waals surface area (Å²) in [6.07, 6.45) is 5.93. The number of rotatable bonds is 5. The third kappa shape index (κ3) is 4.43. The molecule has 4 heteroatoms. The number of allylic oxidation sites excluding steroid dienone is 1. The first-order chi connectivity index (χ1) is 10.4. The van der Waals surface area contributed by atoms with E-state index in [0.717, 1.165) is 12.8 Å². The van der Waals surface area contributed by atoms with Crippen LogP contribution in [0.15, 0.2) is 42.7 Å². The molecule has 0 aromatic heterocycles. The number of hydrogen-bond donors (Lipinski definition) is 0. The van der Waals surface area contributed by atoms with E-state index in [1.807, 2.05) is 45.0 Å². The minimum absolute atomic E-state index is 0.0972. The van der Waals surface area contributed by atoms with Gasteiger partial charge in [0.15, 0.2) is 0 Å². The molecule has 122 valence electrons. The van der Waals surface area contributed by atoms with Gasteiger partial charge in [0.25, 0.3) is 0 Å². The maximum absolute atomic E-state index is 13.0. The molecule has 3 atom stereocenters. The third-order valence-electron chi connectivity index (χ3n) is 3.88. The highest BCUT2D eigenvalue weighted by Crippen LogP contribution is 2.25. The van der Waals surface area contributed by atoms with Crippen molar-refractivity contribution in [2.24, 2.45) is 0 Å². The summed E-state index contributed by atoms with van der Waals surface area (Å²) >= 11 is 0. The van der Waals surface area contributed by atoms with Crippen molar-refractivity contribution < 1.29 is 8.95 Å². The van der Waals surface area contributed by atoms with Gasteiger partial charge in [0.05, 0.1) is 17.1 Å². The van der Waals surface area contributed by atoms with Crippen LogP contribution in [0.4, 0.5) is 0 Å². The van der Waals surface area contributed by atoms with Crippen LogP contribution in [-0.2, 0) is 22.3 Å². The van der Waals surface area contributed by atoms with Crippen molar-refractivity contribution >= 4 is 11.0 Å². The second kappa shape index (κ2) is 7.42. The monoisotopic (exact) mass is 321 g/mol. The third-order valence-corrected chi connectivity index (χ3v) is 5.81. The lowest BCUT2D eigenvalue weighted by molar-refractivity contribution is 0.0633. The van der Waals surface area contributed by atoms with Crippen molar-refractivity contribution in [2.45, 2.75) is 64.0 Å². The van der Waals surface area contributed by atoms with Gasteiger partial charge >= 0.3 is 0 Å². The van der Waals surface area contributed by atoms with Crippen LogP contribution in [0.5, 0.6) is 0 Å².